The molecule has 0 saturated carbocycles. The molecule has 1 heterocycles. The normalized spacial score (nSPS) is 21.4. The first-order valence-corrected chi connectivity index (χ1v) is 5.97. The largest absolute Gasteiger partial charge is 0.488 e. The molecule has 1 aliphatic rings. The fourth-order valence-corrected chi connectivity index (χ4v) is 1.88. The Labute approximate surface area is 104 Å². The molecule has 5 heteroatoms. The average molecular weight is 260 g/mol. The van der Waals surface area contributed by atoms with Crippen molar-refractivity contribution < 1.29 is 22.6 Å². The van der Waals surface area contributed by atoms with Crippen molar-refractivity contribution in [3.63, 3.8) is 0 Å². The first-order valence-electron chi connectivity index (χ1n) is 5.97. The van der Waals surface area contributed by atoms with Gasteiger partial charge in [0.05, 0.1) is 12.2 Å². The molecule has 0 bridgehead atoms. The van der Waals surface area contributed by atoms with Crippen molar-refractivity contribution in [2.75, 3.05) is 13.2 Å². The summed E-state index contributed by atoms with van der Waals surface area (Å²) in [6.45, 7) is 1.23. The molecule has 1 aromatic carbocycles. The van der Waals surface area contributed by atoms with Gasteiger partial charge in [0.15, 0.2) is 0 Å². The predicted molar refractivity (Wildman–Crippen MR) is 60.5 cm³/mol. The topological polar surface area (TPSA) is 18.5 Å². The molecule has 2 nitrogen and oxygen atoms in total. The maximum absolute atomic E-state index is 12.4. The molecular formula is C13H15F3O2. The SMILES string of the molecule is FC(F)(F)c1ccc(OC2CCCCOC2)cc1. The van der Waals surface area contributed by atoms with E-state index in [9.17, 15) is 13.2 Å². The van der Waals surface area contributed by atoms with Gasteiger partial charge in [-0.15, -0.1) is 0 Å². The number of ether oxygens (including phenoxy) is 2. The highest BCUT2D eigenvalue weighted by Crippen LogP contribution is 2.30. The van der Waals surface area contributed by atoms with Gasteiger partial charge in [-0.05, 0) is 43.5 Å². The van der Waals surface area contributed by atoms with E-state index in [0.717, 1.165) is 38.0 Å². The monoisotopic (exact) mass is 260 g/mol. The van der Waals surface area contributed by atoms with Gasteiger partial charge in [0.2, 0.25) is 0 Å². The Balaban J connectivity index is 1.97. The third kappa shape index (κ3) is 3.63. The van der Waals surface area contributed by atoms with E-state index in [1.54, 1.807) is 0 Å². The fraction of sp³-hybridized carbons (Fsp3) is 0.538. The summed E-state index contributed by atoms with van der Waals surface area (Å²) in [5, 5.41) is 0. The van der Waals surface area contributed by atoms with Crippen LogP contribution >= 0.6 is 0 Å². The Morgan fingerprint density at radius 2 is 1.83 bits per heavy atom. The van der Waals surface area contributed by atoms with E-state index in [2.05, 4.69) is 0 Å². The van der Waals surface area contributed by atoms with Crippen molar-refractivity contribution in [1.82, 2.24) is 0 Å². The highest BCUT2D eigenvalue weighted by molar-refractivity contribution is 5.29. The maximum Gasteiger partial charge on any atom is 0.416 e. The molecule has 0 amide bonds. The van der Waals surface area contributed by atoms with Crippen LogP contribution in [0.5, 0.6) is 5.75 Å². The van der Waals surface area contributed by atoms with Crippen LogP contribution in [0.15, 0.2) is 24.3 Å². The molecule has 1 unspecified atom stereocenters. The zero-order chi connectivity index (χ0) is 13.0. The van der Waals surface area contributed by atoms with Crippen LogP contribution < -0.4 is 4.74 Å². The summed E-state index contributed by atoms with van der Waals surface area (Å²) in [5.74, 6) is 0.457. The zero-order valence-corrected chi connectivity index (χ0v) is 9.87. The fourth-order valence-electron chi connectivity index (χ4n) is 1.88. The number of hydrogen-bond acceptors (Lipinski definition) is 2. The number of rotatable bonds is 2. The third-order valence-electron chi connectivity index (χ3n) is 2.85. The van der Waals surface area contributed by atoms with E-state index < -0.39 is 11.7 Å². The Morgan fingerprint density at radius 1 is 1.11 bits per heavy atom. The van der Waals surface area contributed by atoms with Gasteiger partial charge in [0, 0.05) is 6.61 Å². The number of halogens is 3. The molecule has 1 aliphatic heterocycles. The summed E-state index contributed by atoms with van der Waals surface area (Å²) in [7, 11) is 0. The van der Waals surface area contributed by atoms with Gasteiger partial charge in [0.25, 0.3) is 0 Å². The lowest BCUT2D eigenvalue weighted by atomic mass is 10.2. The molecular weight excluding hydrogens is 245 g/mol. The molecule has 18 heavy (non-hydrogen) atoms. The average Bonchev–Trinajstić information content (AvgIpc) is 2.57. The summed E-state index contributed by atoms with van der Waals surface area (Å²) >= 11 is 0. The molecule has 100 valence electrons. The Kier molecular flexibility index (Phi) is 4.11. The summed E-state index contributed by atoms with van der Waals surface area (Å²) in [4.78, 5) is 0. The highest BCUT2D eigenvalue weighted by atomic mass is 19.4. The molecule has 2 rings (SSSR count). The quantitative estimate of drug-likeness (QED) is 0.808. The Morgan fingerprint density at radius 3 is 2.50 bits per heavy atom. The smallest absolute Gasteiger partial charge is 0.416 e. The molecule has 1 atom stereocenters. The second-order valence-electron chi connectivity index (χ2n) is 4.33. The van der Waals surface area contributed by atoms with Gasteiger partial charge in [-0.1, -0.05) is 0 Å². The first kappa shape index (κ1) is 13.2. The second-order valence-corrected chi connectivity index (χ2v) is 4.33. The van der Waals surface area contributed by atoms with Crippen molar-refractivity contribution in [3.8, 4) is 5.75 Å². The van der Waals surface area contributed by atoms with Gasteiger partial charge in [-0.2, -0.15) is 13.2 Å². The minimum absolute atomic E-state index is 0.0655. The van der Waals surface area contributed by atoms with Crippen molar-refractivity contribution in [3.05, 3.63) is 29.8 Å². The van der Waals surface area contributed by atoms with Crippen LogP contribution in [0.3, 0.4) is 0 Å². The standard InChI is InChI=1S/C13H15F3O2/c14-13(15,16)10-4-6-11(7-5-10)18-12-3-1-2-8-17-9-12/h4-7,12H,1-3,8-9H2. The Hall–Kier alpha value is -1.23. The van der Waals surface area contributed by atoms with Gasteiger partial charge in [-0.25, -0.2) is 0 Å². The van der Waals surface area contributed by atoms with Gasteiger partial charge >= 0.3 is 6.18 Å². The highest BCUT2D eigenvalue weighted by Gasteiger charge is 2.30. The lowest BCUT2D eigenvalue weighted by Gasteiger charge is -2.17. The summed E-state index contributed by atoms with van der Waals surface area (Å²) in [5.41, 5.74) is -0.660. The number of benzene rings is 1. The van der Waals surface area contributed by atoms with E-state index in [1.165, 1.54) is 12.1 Å². The number of hydrogen-bond donors (Lipinski definition) is 0. The molecule has 0 aliphatic carbocycles. The molecule has 1 aromatic rings. The maximum atomic E-state index is 12.4. The predicted octanol–water partition coefficient (Wildman–Crippen LogP) is 3.65. The minimum atomic E-state index is -4.30. The number of alkyl halides is 3. The van der Waals surface area contributed by atoms with Crippen LogP contribution in [0.1, 0.15) is 24.8 Å². The van der Waals surface area contributed by atoms with Gasteiger partial charge in [-0.3, -0.25) is 0 Å². The van der Waals surface area contributed by atoms with Crippen molar-refractivity contribution in [2.45, 2.75) is 31.5 Å². The molecule has 0 spiro atoms. The van der Waals surface area contributed by atoms with Crippen LogP contribution in [0.25, 0.3) is 0 Å². The second kappa shape index (κ2) is 5.61. The summed E-state index contributed by atoms with van der Waals surface area (Å²) in [6.07, 6.45) is -1.47. The minimum Gasteiger partial charge on any atom is -0.488 e. The summed E-state index contributed by atoms with van der Waals surface area (Å²) in [6, 6.07) is 4.78. The van der Waals surface area contributed by atoms with Gasteiger partial charge < -0.3 is 9.47 Å². The molecule has 0 radical (unpaired) electrons. The van der Waals surface area contributed by atoms with Crippen molar-refractivity contribution in [2.24, 2.45) is 0 Å². The van der Waals surface area contributed by atoms with Crippen LogP contribution in [0, 0.1) is 0 Å². The lowest BCUT2D eigenvalue weighted by Crippen LogP contribution is -2.21. The van der Waals surface area contributed by atoms with Crippen LogP contribution in [-0.2, 0) is 10.9 Å². The van der Waals surface area contributed by atoms with Crippen LogP contribution in [0.2, 0.25) is 0 Å². The first-order chi connectivity index (χ1) is 8.55. The Bertz CT molecular complexity index is 365. The molecule has 0 N–H and O–H groups in total. The third-order valence-corrected chi connectivity index (χ3v) is 2.85. The van der Waals surface area contributed by atoms with E-state index in [4.69, 9.17) is 9.47 Å². The van der Waals surface area contributed by atoms with Crippen LogP contribution in [0.4, 0.5) is 13.2 Å². The molecule has 1 saturated heterocycles. The van der Waals surface area contributed by atoms with E-state index in [0.29, 0.717) is 12.4 Å². The molecule has 0 aromatic heterocycles. The van der Waals surface area contributed by atoms with E-state index in [-0.39, 0.29) is 6.10 Å². The molecule has 1 fully saturated rings. The van der Waals surface area contributed by atoms with Crippen molar-refractivity contribution >= 4 is 0 Å². The van der Waals surface area contributed by atoms with Crippen molar-refractivity contribution in [1.29, 1.82) is 0 Å². The lowest BCUT2D eigenvalue weighted by molar-refractivity contribution is -0.137. The summed E-state index contributed by atoms with van der Waals surface area (Å²) < 4.78 is 48.1. The van der Waals surface area contributed by atoms with E-state index >= 15 is 0 Å². The van der Waals surface area contributed by atoms with Crippen LogP contribution in [-0.4, -0.2) is 19.3 Å². The zero-order valence-electron chi connectivity index (χ0n) is 9.87. The van der Waals surface area contributed by atoms with E-state index in [1.807, 2.05) is 0 Å². The van der Waals surface area contributed by atoms with Gasteiger partial charge in [0.1, 0.15) is 11.9 Å².